The van der Waals surface area contributed by atoms with E-state index >= 15 is 0 Å². The number of aromatic nitrogens is 2. The molecule has 2 aromatic rings. The molecule has 1 aromatic carbocycles. The lowest BCUT2D eigenvalue weighted by Crippen LogP contribution is -2.48. The van der Waals surface area contributed by atoms with E-state index in [2.05, 4.69) is 10.1 Å². The van der Waals surface area contributed by atoms with E-state index < -0.39 is 31.7 Å². The summed E-state index contributed by atoms with van der Waals surface area (Å²) in [5.41, 5.74) is -1.17. The summed E-state index contributed by atoms with van der Waals surface area (Å²) in [5.74, 6) is 1.09. The lowest BCUT2D eigenvalue weighted by molar-refractivity contribution is -0.137. The Morgan fingerprint density at radius 1 is 1.21 bits per heavy atom. The van der Waals surface area contributed by atoms with Crippen molar-refractivity contribution in [3.8, 4) is 0 Å². The predicted octanol–water partition coefficient (Wildman–Crippen LogP) is 3.20. The van der Waals surface area contributed by atoms with Gasteiger partial charge in [0.15, 0.2) is 5.82 Å². The van der Waals surface area contributed by atoms with Crippen LogP contribution in [-0.4, -0.2) is 53.9 Å². The SMILES string of the molecule is CCCc1noc(CN2CCN(S(=O)(=O)c3ccc(Cl)c(C(F)(F)F)c3)CC2)n1. The molecule has 7 nitrogen and oxygen atoms in total. The molecule has 0 saturated carbocycles. The smallest absolute Gasteiger partial charge is 0.338 e. The van der Waals surface area contributed by atoms with Crippen LogP contribution < -0.4 is 0 Å². The summed E-state index contributed by atoms with van der Waals surface area (Å²) in [4.78, 5) is 5.81. The molecule has 0 atom stereocenters. The lowest BCUT2D eigenvalue weighted by atomic mass is 10.2. The highest BCUT2D eigenvalue weighted by Gasteiger charge is 2.36. The van der Waals surface area contributed by atoms with E-state index in [-0.39, 0.29) is 13.1 Å². The number of hydrogen-bond donors (Lipinski definition) is 0. The molecule has 0 amide bonds. The van der Waals surface area contributed by atoms with E-state index in [0.717, 1.165) is 25.0 Å². The van der Waals surface area contributed by atoms with E-state index in [0.29, 0.717) is 37.4 Å². The van der Waals surface area contributed by atoms with Gasteiger partial charge in [0.05, 0.1) is 22.0 Å². The third-order valence-electron chi connectivity index (χ3n) is 4.55. The summed E-state index contributed by atoms with van der Waals surface area (Å²) in [7, 11) is -4.06. The van der Waals surface area contributed by atoms with Crippen LogP contribution in [0.25, 0.3) is 0 Å². The maximum absolute atomic E-state index is 13.0. The van der Waals surface area contributed by atoms with Crippen LogP contribution in [-0.2, 0) is 29.2 Å². The molecule has 1 saturated heterocycles. The van der Waals surface area contributed by atoms with Crippen LogP contribution in [0.5, 0.6) is 0 Å². The number of piperazine rings is 1. The number of sulfonamides is 1. The van der Waals surface area contributed by atoms with Crippen molar-refractivity contribution in [3.63, 3.8) is 0 Å². The number of benzene rings is 1. The fourth-order valence-electron chi connectivity index (χ4n) is 3.03. The Balaban J connectivity index is 1.66. The number of alkyl halides is 3. The molecule has 0 N–H and O–H groups in total. The Kier molecular flexibility index (Phi) is 6.51. The Bertz CT molecular complexity index is 957. The number of rotatable bonds is 6. The van der Waals surface area contributed by atoms with Gasteiger partial charge in [-0.3, -0.25) is 4.90 Å². The second-order valence-corrected chi connectivity index (χ2v) is 9.02. The van der Waals surface area contributed by atoms with Gasteiger partial charge in [-0.25, -0.2) is 8.42 Å². The van der Waals surface area contributed by atoms with Gasteiger partial charge >= 0.3 is 6.18 Å². The third kappa shape index (κ3) is 5.08. The molecule has 0 unspecified atom stereocenters. The summed E-state index contributed by atoms with van der Waals surface area (Å²) in [6, 6.07) is 2.63. The summed E-state index contributed by atoms with van der Waals surface area (Å²) in [6.45, 7) is 3.47. The number of hydrogen-bond acceptors (Lipinski definition) is 6. The zero-order chi connectivity index (χ0) is 21.2. The largest absolute Gasteiger partial charge is 0.417 e. The molecular weight excluding hydrogens is 433 g/mol. The average Bonchev–Trinajstić information content (AvgIpc) is 3.09. The van der Waals surface area contributed by atoms with Crippen LogP contribution in [0.15, 0.2) is 27.6 Å². The second-order valence-electron chi connectivity index (χ2n) is 6.67. The molecule has 1 aliphatic heterocycles. The summed E-state index contributed by atoms with van der Waals surface area (Å²) >= 11 is 5.58. The van der Waals surface area contributed by atoms with Crippen LogP contribution in [0.3, 0.4) is 0 Å². The normalized spacial score (nSPS) is 17.0. The second kappa shape index (κ2) is 8.58. The standard InChI is InChI=1S/C17H20ClF3N4O3S/c1-2-3-15-22-16(28-23-15)11-24-6-8-25(9-7-24)29(26,27)12-4-5-14(18)13(10-12)17(19,20)21/h4-5,10H,2-3,6-9,11H2,1H3. The van der Waals surface area contributed by atoms with Crippen molar-refractivity contribution in [1.82, 2.24) is 19.3 Å². The molecule has 1 aromatic heterocycles. The molecule has 1 fully saturated rings. The molecule has 1 aliphatic rings. The Morgan fingerprint density at radius 2 is 1.90 bits per heavy atom. The van der Waals surface area contributed by atoms with Gasteiger partial charge in [-0.1, -0.05) is 23.7 Å². The van der Waals surface area contributed by atoms with Crippen molar-refractivity contribution in [3.05, 3.63) is 40.5 Å². The maximum Gasteiger partial charge on any atom is 0.417 e. The van der Waals surface area contributed by atoms with Crippen molar-refractivity contribution in [1.29, 1.82) is 0 Å². The first-order chi connectivity index (χ1) is 13.6. The van der Waals surface area contributed by atoms with E-state index in [4.69, 9.17) is 16.1 Å². The Hall–Kier alpha value is -1.69. The Labute approximate surface area is 171 Å². The van der Waals surface area contributed by atoms with Crippen molar-refractivity contribution < 1.29 is 26.1 Å². The van der Waals surface area contributed by atoms with Crippen LogP contribution in [0.1, 0.15) is 30.6 Å². The van der Waals surface area contributed by atoms with Gasteiger partial charge < -0.3 is 4.52 Å². The van der Waals surface area contributed by atoms with Crippen molar-refractivity contribution >= 4 is 21.6 Å². The minimum Gasteiger partial charge on any atom is -0.338 e. The highest BCUT2D eigenvalue weighted by Crippen LogP contribution is 2.36. The minimum absolute atomic E-state index is 0.141. The molecule has 0 aliphatic carbocycles. The Morgan fingerprint density at radius 3 is 2.52 bits per heavy atom. The molecular formula is C17H20ClF3N4O3S. The van der Waals surface area contributed by atoms with Gasteiger partial charge in [0.2, 0.25) is 15.9 Å². The van der Waals surface area contributed by atoms with E-state index in [1.54, 1.807) is 0 Å². The summed E-state index contributed by atoms with van der Waals surface area (Å²) in [5, 5.41) is 3.34. The van der Waals surface area contributed by atoms with Gasteiger partial charge in [-0.2, -0.15) is 22.5 Å². The van der Waals surface area contributed by atoms with Crippen molar-refractivity contribution in [2.45, 2.75) is 37.4 Å². The quantitative estimate of drug-likeness (QED) is 0.669. The predicted molar refractivity (Wildman–Crippen MR) is 98.8 cm³/mol. The first kappa shape index (κ1) is 22.0. The highest BCUT2D eigenvalue weighted by atomic mass is 35.5. The zero-order valence-electron chi connectivity index (χ0n) is 15.6. The number of aryl methyl sites for hydroxylation is 1. The fourth-order valence-corrected chi connectivity index (χ4v) is 4.70. The average molecular weight is 453 g/mol. The molecule has 160 valence electrons. The molecule has 3 rings (SSSR count). The first-order valence-electron chi connectivity index (χ1n) is 9.02. The van der Waals surface area contributed by atoms with E-state index in [9.17, 15) is 21.6 Å². The van der Waals surface area contributed by atoms with Gasteiger partial charge in [0.1, 0.15) is 0 Å². The monoisotopic (exact) mass is 452 g/mol. The highest BCUT2D eigenvalue weighted by molar-refractivity contribution is 7.89. The van der Waals surface area contributed by atoms with Crippen LogP contribution in [0, 0.1) is 0 Å². The molecule has 12 heteroatoms. The maximum atomic E-state index is 13.0. The van der Waals surface area contributed by atoms with Crippen molar-refractivity contribution in [2.75, 3.05) is 26.2 Å². The van der Waals surface area contributed by atoms with Gasteiger partial charge in [0.25, 0.3) is 0 Å². The van der Waals surface area contributed by atoms with Crippen molar-refractivity contribution in [2.24, 2.45) is 0 Å². The van der Waals surface area contributed by atoms with Crippen LogP contribution in [0.2, 0.25) is 5.02 Å². The number of halogens is 4. The zero-order valence-corrected chi connectivity index (χ0v) is 17.2. The van der Waals surface area contributed by atoms with Crippen LogP contribution in [0.4, 0.5) is 13.2 Å². The molecule has 0 radical (unpaired) electrons. The summed E-state index contributed by atoms with van der Waals surface area (Å²) < 4.78 is 71.0. The van der Waals surface area contributed by atoms with Gasteiger partial charge in [-0.15, -0.1) is 0 Å². The molecule has 0 spiro atoms. The fraction of sp³-hybridized carbons (Fsp3) is 0.529. The summed E-state index contributed by atoms with van der Waals surface area (Å²) in [6.07, 6.45) is -3.12. The molecule has 29 heavy (non-hydrogen) atoms. The van der Waals surface area contributed by atoms with E-state index in [1.807, 2.05) is 11.8 Å². The topological polar surface area (TPSA) is 79.5 Å². The van der Waals surface area contributed by atoms with E-state index in [1.165, 1.54) is 4.31 Å². The van der Waals surface area contributed by atoms with Gasteiger partial charge in [-0.05, 0) is 24.6 Å². The molecule has 0 bridgehead atoms. The first-order valence-corrected chi connectivity index (χ1v) is 10.8. The van der Waals surface area contributed by atoms with Gasteiger partial charge in [0, 0.05) is 32.6 Å². The lowest BCUT2D eigenvalue weighted by Gasteiger charge is -2.33. The van der Waals surface area contributed by atoms with Crippen LogP contribution >= 0.6 is 11.6 Å². The number of nitrogens with zero attached hydrogens (tertiary/aromatic N) is 4. The molecule has 2 heterocycles. The minimum atomic E-state index is -4.73. The third-order valence-corrected chi connectivity index (χ3v) is 6.78.